The van der Waals surface area contributed by atoms with Crippen LogP contribution in [0.5, 0.6) is 0 Å². The summed E-state index contributed by atoms with van der Waals surface area (Å²) in [6.45, 7) is 2.09. The molecule has 0 bridgehead atoms. The normalized spacial score (nSPS) is 17.8. The van der Waals surface area contributed by atoms with Gasteiger partial charge >= 0.3 is 6.03 Å². The quantitative estimate of drug-likeness (QED) is 0.582. The molecule has 172 valence electrons. The molecule has 0 aliphatic carbocycles. The third kappa shape index (κ3) is 4.99. The predicted octanol–water partition coefficient (Wildman–Crippen LogP) is 4.23. The minimum Gasteiger partial charge on any atom is -0.380 e. The summed E-state index contributed by atoms with van der Waals surface area (Å²) >= 11 is 5.89. The van der Waals surface area contributed by atoms with E-state index < -0.39 is 23.8 Å². The third-order valence-corrected chi connectivity index (χ3v) is 5.79. The summed E-state index contributed by atoms with van der Waals surface area (Å²) in [6.07, 6.45) is 1.60. The highest BCUT2D eigenvalue weighted by molar-refractivity contribution is 6.30. The number of hydrogen-bond donors (Lipinski definition) is 2. The van der Waals surface area contributed by atoms with E-state index >= 15 is 0 Å². The van der Waals surface area contributed by atoms with Crippen LogP contribution in [-0.2, 0) is 9.53 Å². The number of anilines is 2. The lowest BCUT2D eigenvalue weighted by molar-refractivity contribution is -0.119. The Morgan fingerprint density at radius 2 is 1.91 bits per heavy atom. The minimum atomic E-state index is -0.824. The molecule has 10 heteroatoms. The lowest BCUT2D eigenvalue weighted by atomic mass is 10.1. The van der Waals surface area contributed by atoms with E-state index in [1.165, 1.54) is 24.1 Å². The number of ether oxygens (including phenoxy) is 1. The number of methoxy groups -OCH3 is 1. The average Bonchev–Trinajstić information content (AvgIpc) is 3.43. The Bertz CT molecular complexity index is 1170. The first-order chi connectivity index (χ1) is 15.9. The minimum absolute atomic E-state index is 0.0208. The maximum Gasteiger partial charge on any atom is 0.322 e. The van der Waals surface area contributed by atoms with Gasteiger partial charge in [0.25, 0.3) is 0 Å². The van der Waals surface area contributed by atoms with Crippen LogP contribution in [-0.4, -0.2) is 52.4 Å². The predicted molar refractivity (Wildman–Crippen MR) is 123 cm³/mol. The molecule has 33 heavy (non-hydrogen) atoms. The fourth-order valence-corrected chi connectivity index (χ4v) is 3.89. The molecule has 1 aliphatic heterocycles. The Kier molecular flexibility index (Phi) is 6.62. The number of nitrogens with one attached hydrogen (secondary N) is 2. The first kappa shape index (κ1) is 22.8. The Balaban J connectivity index is 1.49. The molecule has 1 aliphatic rings. The van der Waals surface area contributed by atoms with E-state index in [9.17, 15) is 14.0 Å². The monoisotopic (exact) mass is 471 g/mol. The summed E-state index contributed by atoms with van der Waals surface area (Å²) in [5.41, 5.74) is 1.95. The van der Waals surface area contributed by atoms with Crippen LogP contribution in [0.1, 0.15) is 12.1 Å². The van der Waals surface area contributed by atoms with Crippen molar-refractivity contribution >= 4 is 34.9 Å². The molecule has 1 aromatic heterocycles. The fourth-order valence-electron chi connectivity index (χ4n) is 3.76. The number of likely N-dealkylation sites (tertiary alicyclic amines) is 1. The van der Waals surface area contributed by atoms with E-state index in [0.29, 0.717) is 22.8 Å². The van der Waals surface area contributed by atoms with E-state index in [1.54, 1.807) is 41.2 Å². The number of aromatic nitrogens is 2. The molecule has 2 N–H and O–H groups in total. The van der Waals surface area contributed by atoms with E-state index in [4.69, 9.17) is 16.3 Å². The SMILES string of the molecule is COC1CC(C(=O)Nc2ccc(-n3nccc3C)cc2F)N(C(=O)Nc2ccc(Cl)cc2)C1. The zero-order valence-corrected chi connectivity index (χ0v) is 18.8. The van der Waals surface area contributed by atoms with Crippen molar-refractivity contribution in [2.45, 2.75) is 25.5 Å². The van der Waals surface area contributed by atoms with Crippen molar-refractivity contribution in [3.8, 4) is 5.69 Å². The first-order valence-electron chi connectivity index (χ1n) is 10.3. The van der Waals surface area contributed by atoms with Gasteiger partial charge < -0.3 is 20.3 Å². The van der Waals surface area contributed by atoms with Gasteiger partial charge in [0, 0.05) is 48.7 Å². The van der Waals surface area contributed by atoms with Crippen LogP contribution in [0.2, 0.25) is 5.02 Å². The molecule has 2 heterocycles. The molecule has 3 amide bonds. The second-order valence-electron chi connectivity index (χ2n) is 7.74. The topological polar surface area (TPSA) is 88.5 Å². The molecule has 0 radical (unpaired) electrons. The second-order valence-corrected chi connectivity index (χ2v) is 8.17. The number of nitrogens with zero attached hydrogens (tertiary/aromatic N) is 3. The van der Waals surface area contributed by atoms with Crippen LogP contribution in [0.15, 0.2) is 54.7 Å². The molecular formula is C23H23ClFN5O3. The molecule has 4 rings (SSSR count). The molecule has 8 nitrogen and oxygen atoms in total. The lowest BCUT2D eigenvalue weighted by Crippen LogP contribution is -2.45. The maximum absolute atomic E-state index is 14.8. The Morgan fingerprint density at radius 1 is 1.15 bits per heavy atom. The fraction of sp³-hybridized carbons (Fsp3) is 0.261. The van der Waals surface area contributed by atoms with Gasteiger partial charge in [0.05, 0.1) is 17.5 Å². The summed E-state index contributed by atoms with van der Waals surface area (Å²) < 4.78 is 21.7. The number of rotatable bonds is 5. The van der Waals surface area contributed by atoms with E-state index in [0.717, 1.165) is 5.69 Å². The Morgan fingerprint density at radius 3 is 2.55 bits per heavy atom. The van der Waals surface area contributed by atoms with Gasteiger partial charge in [-0.05, 0) is 49.4 Å². The molecule has 3 aromatic rings. The standard InChI is InChI=1S/C23H23ClFN5O3/c1-14-9-10-26-30(14)17-7-8-20(19(25)11-17)28-22(31)21-12-18(33-2)13-29(21)23(32)27-16-5-3-15(24)4-6-16/h3-11,18,21H,12-13H2,1-2H3,(H,27,32)(H,28,31). The Labute approximate surface area is 195 Å². The van der Waals surface area contributed by atoms with E-state index in [-0.39, 0.29) is 18.3 Å². The summed E-state index contributed by atoms with van der Waals surface area (Å²) in [4.78, 5) is 27.3. The van der Waals surface area contributed by atoms with Crippen molar-refractivity contribution < 1.29 is 18.7 Å². The number of urea groups is 1. The zero-order chi connectivity index (χ0) is 23.5. The van der Waals surface area contributed by atoms with Crippen molar-refractivity contribution in [3.05, 3.63) is 71.3 Å². The van der Waals surface area contributed by atoms with Gasteiger partial charge in [-0.25, -0.2) is 13.9 Å². The van der Waals surface area contributed by atoms with Crippen molar-refractivity contribution in [2.75, 3.05) is 24.3 Å². The van der Waals surface area contributed by atoms with Crippen molar-refractivity contribution in [1.82, 2.24) is 14.7 Å². The van der Waals surface area contributed by atoms with Crippen LogP contribution >= 0.6 is 11.6 Å². The van der Waals surface area contributed by atoms with Gasteiger partial charge in [-0.2, -0.15) is 5.10 Å². The number of hydrogen-bond acceptors (Lipinski definition) is 4. The highest BCUT2D eigenvalue weighted by Gasteiger charge is 2.40. The molecule has 2 aromatic carbocycles. The highest BCUT2D eigenvalue weighted by atomic mass is 35.5. The maximum atomic E-state index is 14.8. The second kappa shape index (κ2) is 9.60. The molecule has 0 saturated carbocycles. The van der Waals surface area contributed by atoms with Crippen LogP contribution in [0.3, 0.4) is 0 Å². The molecule has 1 saturated heterocycles. The number of amides is 3. The summed E-state index contributed by atoms with van der Waals surface area (Å²) in [5.74, 6) is -1.10. The number of benzene rings is 2. The Hall–Kier alpha value is -3.43. The van der Waals surface area contributed by atoms with E-state index in [2.05, 4.69) is 15.7 Å². The van der Waals surface area contributed by atoms with Gasteiger partial charge in [-0.3, -0.25) is 4.79 Å². The van der Waals surface area contributed by atoms with Crippen LogP contribution in [0.4, 0.5) is 20.6 Å². The van der Waals surface area contributed by atoms with E-state index in [1.807, 2.05) is 13.0 Å². The van der Waals surface area contributed by atoms with Crippen molar-refractivity contribution in [2.24, 2.45) is 0 Å². The number of aryl methyl sites for hydroxylation is 1. The van der Waals surface area contributed by atoms with Crippen LogP contribution in [0, 0.1) is 12.7 Å². The van der Waals surface area contributed by atoms with Crippen LogP contribution in [0.25, 0.3) is 5.69 Å². The molecule has 1 fully saturated rings. The summed E-state index contributed by atoms with van der Waals surface area (Å²) in [5, 5.41) is 10.1. The lowest BCUT2D eigenvalue weighted by Gasteiger charge is -2.24. The number of carbonyl (C=O) groups excluding carboxylic acids is 2. The largest absolute Gasteiger partial charge is 0.380 e. The first-order valence-corrected chi connectivity index (χ1v) is 10.7. The molecular weight excluding hydrogens is 449 g/mol. The smallest absolute Gasteiger partial charge is 0.322 e. The van der Waals surface area contributed by atoms with Crippen molar-refractivity contribution in [3.63, 3.8) is 0 Å². The zero-order valence-electron chi connectivity index (χ0n) is 18.1. The van der Waals surface area contributed by atoms with Gasteiger partial charge in [0.1, 0.15) is 11.9 Å². The van der Waals surface area contributed by atoms with Gasteiger partial charge in [-0.15, -0.1) is 0 Å². The van der Waals surface area contributed by atoms with Gasteiger partial charge in [-0.1, -0.05) is 11.6 Å². The molecule has 2 atom stereocenters. The average molecular weight is 472 g/mol. The van der Waals surface area contributed by atoms with Crippen LogP contribution < -0.4 is 10.6 Å². The van der Waals surface area contributed by atoms with Crippen molar-refractivity contribution in [1.29, 1.82) is 0 Å². The highest BCUT2D eigenvalue weighted by Crippen LogP contribution is 2.25. The van der Waals surface area contributed by atoms with Gasteiger partial charge in [0.15, 0.2) is 0 Å². The third-order valence-electron chi connectivity index (χ3n) is 5.54. The number of halogens is 2. The van der Waals surface area contributed by atoms with Gasteiger partial charge in [0.2, 0.25) is 5.91 Å². The number of carbonyl (C=O) groups is 2. The molecule has 0 spiro atoms. The molecule has 2 unspecified atom stereocenters. The summed E-state index contributed by atoms with van der Waals surface area (Å²) in [6, 6.07) is 11.6. The summed E-state index contributed by atoms with van der Waals surface area (Å²) in [7, 11) is 1.52.